The molecule has 6 heteroatoms. The molecule has 1 aliphatic carbocycles. The van der Waals surface area contributed by atoms with Gasteiger partial charge in [-0.05, 0) is 38.2 Å². The van der Waals surface area contributed by atoms with Crippen LogP contribution in [0.4, 0.5) is 0 Å². The molecule has 0 aromatic carbocycles. The molecule has 0 spiro atoms. The van der Waals surface area contributed by atoms with E-state index in [9.17, 15) is 19.5 Å². The van der Waals surface area contributed by atoms with Crippen molar-refractivity contribution in [3.63, 3.8) is 0 Å². The average Bonchev–Trinajstić information content (AvgIpc) is 2.94. The molecule has 0 aromatic rings. The van der Waals surface area contributed by atoms with Crippen molar-refractivity contribution in [2.75, 3.05) is 7.11 Å². The van der Waals surface area contributed by atoms with Gasteiger partial charge in [-0.3, -0.25) is 14.4 Å². The van der Waals surface area contributed by atoms with Gasteiger partial charge in [-0.25, -0.2) is 0 Å². The Morgan fingerprint density at radius 3 is 2.66 bits per heavy atom. The van der Waals surface area contributed by atoms with Crippen LogP contribution in [0.5, 0.6) is 0 Å². The Kier molecular flexibility index (Phi) is 12.2. The zero-order valence-corrected chi connectivity index (χ0v) is 18.0. The highest BCUT2D eigenvalue weighted by Crippen LogP contribution is 2.33. The van der Waals surface area contributed by atoms with Crippen LogP contribution in [0.1, 0.15) is 71.6 Å². The van der Waals surface area contributed by atoms with E-state index in [-0.39, 0.29) is 42.1 Å². The van der Waals surface area contributed by atoms with Gasteiger partial charge in [0.05, 0.1) is 13.2 Å². The molecule has 0 heterocycles. The second-order valence-electron chi connectivity index (χ2n) is 7.63. The van der Waals surface area contributed by atoms with E-state index < -0.39 is 6.10 Å². The van der Waals surface area contributed by atoms with Crippen molar-refractivity contribution in [2.45, 2.75) is 83.8 Å². The topological polar surface area (TPSA) is 89.9 Å². The molecule has 4 unspecified atom stereocenters. The standard InChI is InChI=1S/C23H36O6/c1-4-5-8-11-18(29-17(2)24)14-15-20-19(21(25)16-22(20)26)12-9-6-7-10-13-23(27)28-3/h6,9,14-15,18-20,22,26H,4-5,7-8,10-13,16H2,1-3H3. The lowest BCUT2D eigenvalue weighted by Crippen LogP contribution is -2.20. The molecule has 0 aromatic heterocycles. The Bertz CT molecular complexity index is 580. The van der Waals surface area contributed by atoms with Gasteiger partial charge in [0.15, 0.2) is 0 Å². The van der Waals surface area contributed by atoms with Gasteiger partial charge in [-0.1, -0.05) is 38.0 Å². The van der Waals surface area contributed by atoms with Crippen molar-refractivity contribution in [3.05, 3.63) is 24.3 Å². The largest absolute Gasteiger partial charge is 0.469 e. The number of esters is 2. The van der Waals surface area contributed by atoms with E-state index in [1.54, 1.807) is 0 Å². The summed E-state index contributed by atoms with van der Waals surface area (Å²) in [6.07, 6.45) is 13.0. The molecule has 1 aliphatic rings. The summed E-state index contributed by atoms with van der Waals surface area (Å²) in [5.41, 5.74) is 0. The molecule has 4 atom stereocenters. The highest BCUT2D eigenvalue weighted by atomic mass is 16.5. The molecule has 1 rings (SSSR count). The Balaban J connectivity index is 2.62. The van der Waals surface area contributed by atoms with Crippen LogP contribution in [0.2, 0.25) is 0 Å². The van der Waals surface area contributed by atoms with Crippen molar-refractivity contribution in [2.24, 2.45) is 11.8 Å². The molecule has 0 saturated heterocycles. The Labute approximate surface area is 174 Å². The number of ketones is 1. The third-order valence-corrected chi connectivity index (χ3v) is 5.23. The minimum Gasteiger partial charge on any atom is -0.469 e. The predicted molar refractivity (Wildman–Crippen MR) is 111 cm³/mol. The van der Waals surface area contributed by atoms with Crippen LogP contribution in [0.15, 0.2) is 24.3 Å². The summed E-state index contributed by atoms with van der Waals surface area (Å²) in [4.78, 5) is 34.8. The lowest BCUT2D eigenvalue weighted by Gasteiger charge is -2.18. The summed E-state index contributed by atoms with van der Waals surface area (Å²) in [6, 6.07) is 0. The first-order valence-electron chi connectivity index (χ1n) is 10.7. The molecule has 0 radical (unpaired) electrons. The molecule has 0 amide bonds. The maximum absolute atomic E-state index is 12.3. The number of hydrogen-bond donors (Lipinski definition) is 1. The van der Waals surface area contributed by atoms with Gasteiger partial charge in [0.2, 0.25) is 0 Å². The van der Waals surface area contributed by atoms with E-state index in [2.05, 4.69) is 11.7 Å². The number of Topliss-reactive ketones (excluding diaryl/α,β-unsaturated/α-hetero) is 1. The number of unbranched alkanes of at least 4 members (excludes halogenated alkanes) is 3. The third-order valence-electron chi connectivity index (χ3n) is 5.23. The number of ether oxygens (including phenoxy) is 2. The quantitative estimate of drug-likeness (QED) is 0.282. The maximum atomic E-state index is 12.3. The number of carbonyl (C=O) groups excluding carboxylic acids is 3. The summed E-state index contributed by atoms with van der Waals surface area (Å²) in [5, 5.41) is 10.3. The van der Waals surface area contributed by atoms with E-state index >= 15 is 0 Å². The smallest absolute Gasteiger partial charge is 0.305 e. The van der Waals surface area contributed by atoms with E-state index in [4.69, 9.17) is 4.74 Å². The second kappa shape index (κ2) is 14.1. The van der Waals surface area contributed by atoms with Crippen molar-refractivity contribution in [1.82, 2.24) is 0 Å². The van der Waals surface area contributed by atoms with Gasteiger partial charge >= 0.3 is 11.9 Å². The molecule has 29 heavy (non-hydrogen) atoms. The maximum Gasteiger partial charge on any atom is 0.305 e. The zero-order chi connectivity index (χ0) is 21.6. The molecule has 164 valence electrons. The SMILES string of the molecule is CCCCCC(C=CC1C(O)CC(=O)C1CC=CCCCC(=O)OC)OC(C)=O. The van der Waals surface area contributed by atoms with E-state index in [0.29, 0.717) is 19.3 Å². The molecule has 0 bridgehead atoms. The van der Waals surface area contributed by atoms with Crippen LogP contribution in [-0.2, 0) is 23.9 Å². The van der Waals surface area contributed by atoms with Gasteiger partial charge in [-0.15, -0.1) is 0 Å². The molecular formula is C23H36O6. The Morgan fingerprint density at radius 2 is 2.00 bits per heavy atom. The first-order valence-corrected chi connectivity index (χ1v) is 10.7. The molecule has 1 saturated carbocycles. The highest BCUT2D eigenvalue weighted by molar-refractivity contribution is 5.84. The van der Waals surface area contributed by atoms with Crippen molar-refractivity contribution in [1.29, 1.82) is 0 Å². The monoisotopic (exact) mass is 408 g/mol. The van der Waals surface area contributed by atoms with Crippen LogP contribution in [-0.4, -0.2) is 42.1 Å². The predicted octanol–water partition coefficient (Wildman–Crippen LogP) is 3.91. The fourth-order valence-electron chi connectivity index (χ4n) is 3.61. The Morgan fingerprint density at radius 1 is 1.24 bits per heavy atom. The van der Waals surface area contributed by atoms with Crippen molar-refractivity contribution in [3.8, 4) is 0 Å². The summed E-state index contributed by atoms with van der Waals surface area (Å²) in [7, 11) is 1.37. The van der Waals surface area contributed by atoms with Crippen molar-refractivity contribution >= 4 is 17.7 Å². The van der Waals surface area contributed by atoms with Crippen LogP contribution in [0.25, 0.3) is 0 Å². The van der Waals surface area contributed by atoms with Crippen LogP contribution in [0.3, 0.4) is 0 Å². The first-order chi connectivity index (χ1) is 13.9. The van der Waals surface area contributed by atoms with E-state index in [0.717, 1.165) is 32.1 Å². The van der Waals surface area contributed by atoms with E-state index in [1.165, 1.54) is 14.0 Å². The summed E-state index contributed by atoms with van der Waals surface area (Å²) >= 11 is 0. The number of methoxy groups -OCH3 is 1. The van der Waals surface area contributed by atoms with Gasteiger partial charge in [0.1, 0.15) is 11.9 Å². The number of rotatable bonds is 13. The number of aliphatic hydroxyl groups is 1. The van der Waals surface area contributed by atoms with E-state index in [1.807, 2.05) is 24.3 Å². The summed E-state index contributed by atoms with van der Waals surface area (Å²) in [6.45, 7) is 3.51. The highest BCUT2D eigenvalue weighted by Gasteiger charge is 2.39. The molecule has 6 nitrogen and oxygen atoms in total. The fourth-order valence-corrected chi connectivity index (χ4v) is 3.61. The lowest BCUT2D eigenvalue weighted by atomic mass is 9.90. The molecule has 0 aliphatic heterocycles. The summed E-state index contributed by atoms with van der Waals surface area (Å²) < 4.78 is 9.97. The van der Waals surface area contributed by atoms with Crippen LogP contribution in [0, 0.1) is 11.8 Å². The minimum atomic E-state index is -0.704. The van der Waals surface area contributed by atoms with Gasteiger partial charge in [0.25, 0.3) is 0 Å². The first kappa shape index (κ1) is 25.1. The van der Waals surface area contributed by atoms with Gasteiger partial charge in [0, 0.05) is 31.6 Å². The lowest BCUT2D eigenvalue weighted by molar-refractivity contribution is -0.144. The second-order valence-corrected chi connectivity index (χ2v) is 7.63. The number of aliphatic hydroxyl groups excluding tert-OH is 1. The minimum absolute atomic E-state index is 0.0568. The van der Waals surface area contributed by atoms with Gasteiger partial charge < -0.3 is 14.6 Å². The van der Waals surface area contributed by atoms with Crippen LogP contribution >= 0.6 is 0 Å². The summed E-state index contributed by atoms with van der Waals surface area (Å²) in [5.74, 6) is -1.04. The average molecular weight is 409 g/mol. The molecule has 1 fully saturated rings. The van der Waals surface area contributed by atoms with Crippen LogP contribution < -0.4 is 0 Å². The Hall–Kier alpha value is -1.95. The zero-order valence-electron chi connectivity index (χ0n) is 18.0. The number of allylic oxidation sites excluding steroid dienone is 2. The number of carbonyl (C=O) groups is 3. The molecular weight excluding hydrogens is 372 g/mol. The normalized spacial score (nSPS) is 23.0. The van der Waals surface area contributed by atoms with Gasteiger partial charge in [-0.2, -0.15) is 0 Å². The fraction of sp³-hybridized carbons (Fsp3) is 0.696. The number of hydrogen-bond acceptors (Lipinski definition) is 6. The van der Waals surface area contributed by atoms with Crippen molar-refractivity contribution < 1.29 is 29.0 Å². The third kappa shape index (κ3) is 9.88. The molecule has 1 N–H and O–H groups in total.